The SMILES string of the molecule is C#C.CCCCOCCCC. The summed E-state index contributed by atoms with van der Waals surface area (Å²) >= 11 is 0. The standard InChI is InChI=1S/C8H18O.C2H2/c1-3-5-7-9-8-6-4-2;1-2/h3-8H2,1-2H3;1-2H. The Balaban J connectivity index is 0. The fourth-order valence-corrected chi connectivity index (χ4v) is 0.595. The number of hydrogen-bond acceptors (Lipinski definition) is 1. The van der Waals surface area contributed by atoms with Crippen LogP contribution in [0.25, 0.3) is 0 Å². The molecule has 66 valence electrons. The summed E-state index contributed by atoms with van der Waals surface area (Å²) < 4.78 is 5.31. The summed E-state index contributed by atoms with van der Waals surface area (Å²) in [5.41, 5.74) is 0. The van der Waals surface area contributed by atoms with Crippen molar-refractivity contribution in [2.24, 2.45) is 0 Å². The molecule has 0 rings (SSSR count). The van der Waals surface area contributed by atoms with Crippen LogP contribution in [-0.2, 0) is 4.74 Å². The first-order valence-corrected chi connectivity index (χ1v) is 4.32. The van der Waals surface area contributed by atoms with E-state index in [1.807, 2.05) is 0 Å². The molecule has 0 amide bonds. The van der Waals surface area contributed by atoms with E-state index in [1.165, 1.54) is 25.7 Å². The van der Waals surface area contributed by atoms with Gasteiger partial charge in [-0.3, -0.25) is 0 Å². The zero-order valence-electron chi connectivity index (χ0n) is 7.81. The molecule has 1 heteroatoms. The number of ether oxygens (including phenoxy) is 1. The predicted octanol–water partition coefficient (Wildman–Crippen LogP) is 2.85. The minimum Gasteiger partial charge on any atom is -0.381 e. The van der Waals surface area contributed by atoms with E-state index < -0.39 is 0 Å². The molecule has 0 aromatic carbocycles. The van der Waals surface area contributed by atoms with E-state index in [9.17, 15) is 0 Å². The fourth-order valence-electron chi connectivity index (χ4n) is 0.595. The van der Waals surface area contributed by atoms with Gasteiger partial charge in [-0.05, 0) is 12.8 Å². The molecular weight excluding hydrogens is 136 g/mol. The molecule has 0 saturated carbocycles. The zero-order valence-corrected chi connectivity index (χ0v) is 7.81. The summed E-state index contributed by atoms with van der Waals surface area (Å²) in [7, 11) is 0. The van der Waals surface area contributed by atoms with E-state index in [1.54, 1.807) is 0 Å². The molecule has 0 aromatic rings. The van der Waals surface area contributed by atoms with Crippen LogP contribution in [0.3, 0.4) is 0 Å². The van der Waals surface area contributed by atoms with Crippen molar-refractivity contribution in [3.05, 3.63) is 0 Å². The van der Waals surface area contributed by atoms with Crippen LogP contribution in [0.4, 0.5) is 0 Å². The van der Waals surface area contributed by atoms with Gasteiger partial charge in [0.15, 0.2) is 0 Å². The lowest BCUT2D eigenvalue weighted by Gasteiger charge is -1.99. The van der Waals surface area contributed by atoms with Crippen molar-refractivity contribution in [2.45, 2.75) is 39.5 Å². The first-order chi connectivity index (χ1) is 5.41. The van der Waals surface area contributed by atoms with E-state index in [2.05, 4.69) is 26.7 Å². The van der Waals surface area contributed by atoms with Gasteiger partial charge in [0.1, 0.15) is 0 Å². The Morgan fingerprint density at radius 2 is 1.27 bits per heavy atom. The number of hydrogen-bond donors (Lipinski definition) is 0. The van der Waals surface area contributed by atoms with Gasteiger partial charge in [-0.2, -0.15) is 0 Å². The smallest absolute Gasteiger partial charge is 0.0465 e. The minimum absolute atomic E-state index is 0.955. The lowest BCUT2D eigenvalue weighted by atomic mass is 10.3. The molecule has 0 unspecified atom stereocenters. The Kier molecular flexibility index (Phi) is 19.4. The van der Waals surface area contributed by atoms with Crippen LogP contribution in [0.5, 0.6) is 0 Å². The van der Waals surface area contributed by atoms with Crippen molar-refractivity contribution in [2.75, 3.05) is 13.2 Å². The van der Waals surface area contributed by atoms with Crippen molar-refractivity contribution in [3.8, 4) is 12.8 Å². The largest absolute Gasteiger partial charge is 0.381 e. The highest BCUT2D eigenvalue weighted by Crippen LogP contribution is 1.91. The Morgan fingerprint density at radius 1 is 0.909 bits per heavy atom. The molecule has 11 heavy (non-hydrogen) atoms. The zero-order chi connectivity index (χ0) is 8.95. The van der Waals surface area contributed by atoms with Crippen molar-refractivity contribution in [1.82, 2.24) is 0 Å². The van der Waals surface area contributed by atoms with Gasteiger partial charge < -0.3 is 4.74 Å². The molecule has 0 N–H and O–H groups in total. The molecule has 0 aliphatic rings. The number of terminal acetylenes is 1. The summed E-state index contributed by atoms with van der Waals surface area (Å²) in [6.07, 6.45) is 12.9. The predicted molar refractivity (Wildman–Crippen MR) is 50.5 cm³/mol. The summed E-state index contributed by atoms with van der Waals surface area (Å²) in [6.45, 7) is 6.28. The highest BCUT2D eigenvalue weighted by molar-refractivity contribution is 4.47. The van der Waals surface area contributed by atoms with Gasteiger partial charge in [0.2, 0.25) is 0 Å². The van der Waals surface area contributed by atoms with Gasteiger partial charge in [-0.15, -0.1) is 12.8 Å². The molecule has 0 saturated heterocycles. The molecule has 1 nitrogen and oxygen atoms in total. The fraction of sp³-hybridized carbons (Fsp3) is 0.800. The molecule has 0 fully saturated rings. The normalized spacial score (nSPS) is 8.36. The Labute approximate surface area is 71.1 Å². The van der Waals surface area contributed by atoms with E-state index in [-0.39, 0.29) is 0 Å². The second-order valence-corrected chi connectivity index (χ2v) is 2.32. The molecule has 0 atom stereocenters. The summed E-state index contributed by atoms with van der Waals surface area (Å²) in [6, 6.07) is 0. The van der Waals surface area contributed by atoms with Crippen LogP contribution in [0, 0.1) is 12.8 Å². The van der Waals surface area contributed by atoms with E-state index in [0.29, 0.717) is 0 Å². The van der Waals surface area contributed by atoms with Gasteiger partial charge in [0.05, 0.1) is 0 Å². The van der Waals surface area contributed by atoms with Crippen LogP contribution >= 0.6 is 0 Å². The van der Waals surface area contributed by atoms with Crippen LogP contribution in [0.1, 0.15) is 39.5 Å². The lowest BCUT2D eigenvalue weighted by molar-refractivity contribution is 0.128. The molecule has 0 radical (unpaired) electrons. The molecule has 0 bridgehead atoms. The Hall–Kier alpha value is -0.480. The summed E-state index contributed by atoms with van der Waals surface area (Å²) in [5.74, 6) is 0. The van der Waals surface area contributed by atoms with Gasteiger partial charge in [0.25, 0.3) is 0 Å². The summed E-state index contributed by atoms with van der Waals surface area (Å²) in [4.78, 5) is 0. The van der Waals surface area contributed by atoms with Crippen LogP contribution in [0.2, 0.25) is 0 Å². The average Bonchev–Trinajstić information content (AvgIpc) is 2.08. The third-order valence-corrected chi connectivity index (χ3v) is 1.28. The monoisotopic (exact) mass is 156 g/mol. The van der Waals surface area contributed by atoms with E-state index in [0.717, 1.165) is 13.2 Å². The highest BCUT2D eigenvalue weighted by Gasteiger charge is 1.84. The van der Waals surface area contributed by atoms with Crippen molar-refractivity contribution in [3.63, 3.8) is 0 Å². The molecule has 0 aromatic heterocycles. The van der Waals surface area contributed by atoms with Crippen LogP contribution < -0.4 is 0 Å². The van der Waals surface area contributed by atoms with Gasteiger partial charge >= 0.3 is 0 Å². The van der Waals surface area contributed by atoms with Crippen LogP contribution in [-0.4, -0.2) is 13.2 Å². The first kappa shape index (κ1) is 13.1. The molecule has 0 aliphatic carbocycles. The maximum Gasteiger partial charge on any atom is 0.0465 e. The van der Waals surface area contributed by atoms with E-state index in [4.69, 9.17) is 4.74 Å². The Morgan fingerprint density at radius 3 is 1.55 bits per heavy atom. The number of unbranched alkanes of at least 4 members (excludes halogenated alkanes) is 2. The van der Waals surface area contributed by atoms with Gasteiger partial charge in [0, 0.05) is 13.2 Å². The maximum absolute atomic E-state index is 5.31. The molecule has 0 heterocycles. The van der Waals surface area contributed by atoms with Crippen molar-refractivity contribution in [1.29, 1.82) is 0 Å². The van der Waals surface area contributed by atoms with Gasteiger partial charge in [-0.1, -0.05) is 26.7 Å². The second kappa shape index (κ2) is 16.3. The maximum atomic E-state index is 5.31. The molecule has 0 aliphatic heterocycles. The average molecular weight is 156 g/mol. The molecular formula is C10H20O. The highest BCUT2D eigenvalue weighted by atomic mass is 16.5. The number of rotatable bonds is 6. The lowest BCUT2D eigenvalue weighted by Crippen LogP contribution is -1.95. The van der Waals surface area contributed by atoms with Crippen LogP contribution in [0.15, 0.2) is 0 Å². The van der Waals surface area contributed by atoms with Gasteiger partial charge in [-0.25, -0.2) is 0 Å². The topological polar surface area (TPSA) is 9.23 Å². The van der Waals surface area contributed by atoms with Crippen molar-refractivity contribution < 1.29 is 4.74 Å². The van der Waals surface area contributed by atoms with Crippen molar-refractivity contribution >= 4 is 0 Å². The quantitative estimate of drug-likeness (QED) is 0.424. The Bertz CT molecular complexity index is 60.5. The van der Waals surface area contributed by atoms with E-state index >= 15 is 0 Å². The first-order valence-electron chi connectivity index (χ1n) is 4.32. The third-order valence-electron chi connectivity index (χ3n) is 1.28. The molecule has 0 spiro atoms. The minimum atomic E-state index is 0.955. The third kappa shape index (κ3) is 17.7. The summed E-state index contributed by atoms with van der Waals surface area (Å²) in [5, 5.41) is 0. The second-order valence-electron chi connectivity index (χ2n) is 2.32.